The molecule has 0 aromatic rings. The van der Waals surface area contributed by atoms with Crippen LogP contribution in [0.25, 0.3) is 0 Å². The highest BCUT2D eigenvalue weighted by Crippen LogP contribution is 2.35. The van der Waals surface area contributed by atoms with Crippen molar-refractivity contribution in [3.63, 3.8) is 0 Å². The van der Waals surface area contributed by atoms with Crippen molar-refractivity contribution in [1.29, 1.82) is 0 Å². The van der Waals surface area contributed by atoms with Crippen LogP contribution in [0.1, 0.15) is 26.7 Å². The van der Waals surface area contributed by atoms with Crippen LogP contribution in [0, 0.1) is 5.41 Å². The molecular weight excluding hydrogens is 190 g/mol. The zero-order chi connectivity index (χ0) is 10.9. The van der Waals surface area contributed by atoms with Crippen molar-refractivity contribution in [2.45, 2.75) is 32.7 Å². The number of amides is 2. The van der Waals surface area contributed by atoms with Crippen LogP contribution >= 0.6 is 0 Å². The number of hydrogen-bond acceptors (Lipinski definition) is 2. The SMILES string of the molecule is CC(C)NC(=O)N1CCC2(CCNC2)C1. The third kappa shape index (κ3) is 2.25. The van der Waals surface area contributed by atoms with E-state index in [9.17, 15) is 4.79 Å². The second-order valence-corrected chi connectivity index (χ2v) is 5.20. The maximum atomic E-state index is 11.8. The van der Waals surface area contributed by atoms with Gasteiger partial charge in [0.25, 0.3) is 0 Å². The lowest BCUT2D eigenvalue weighted by Crippen LogP contribution is -2.43. The Kier molecular flexibility index (Phi) is 2.87. The lowest BCUT2D eigenvalue weighted by molar-refractivity contribution is 0.199. The first-order valence-electron chi connectivity index (χ1n) is 5.87. The van der Waals surface area contributed by atoms with Gasteiger partial charge in [-0.15, -0.1) is 0 Å². The van der Waals surface area contributed by atoms with Gasteiger partial charge in [-0.2, -0.15) is 0 Å². The van der Waals surface area contributed by atoms with Crippen molar-refractivity contribution in [3.8, 4) is 0 Å². The monoisotopic (exact) mass is 211 g/mol. The smallest absolute Gasteiger partial charge is 0.317 e. The summed E-state index contributed by atoms with van der Waals surface area (Å²) in [7, 11) is 0. The van der Waals surface area contributed by atoms with E-state index < -0.39 is 0 Å². The summed E-state index contributed by atoms with van der Waals surface area (Å²) in [6.07, 6.45) is 2.38. The van der Waals surface area contributed by atoms with Gasteiger partial charge in [-0.1, -0.05) is 0 Å². The predicted molar refractivity (Wildman–Crippen MR) is 59.8 cm³/mol. The predicted octanol–water partition coefficient (Wildman–Crippen LogP) is 0.790. The molecule has 1 unspecified atom stereocenters. The van der Waals surface area contributed by atoms with E-state index in [0.29, 0.717) is 5.41 Å². The van der Waals surface area contributed by atoms with E-state index in [1.165, 1.54) is 6.42 Å². The van der Waals surface area contributed by atoms with Crippen molar-refractivity contribution in [2.75, 3.05) is 26.2 Å². The number of likely N-dealkylation sites (tertiary alicyclic amines) is 1. The van der Waals surface area contributed by atoms with Crippen LogP contribution in [0.4, 0.5) is 4.79 Å². The number of carbonyl (C=O) groups is 1. The van der Waals surface area contributed by atoms with Crippen molar-refractivity contribution in [2.24, 2.45) is 5.41 Å². The number of nitrogens with one attached hydrogen (secondary N) is 2. The van der Waals surface area contributed by atoms with Crippen molar-refractivity contribution < 1.29 is 4.79 Å². The Balaban J connectivity index is 1.89. The zero-order valence-electron chi connectivity index (χ0n) is 9.68. The molecule has 0 aromatic heterocycles. The van der Waals surface area contributed by atoms with E-state index >= 15 is 0 Å². The molecule has 0 aromatic carbocycles. The van der Waals surface area contributed by atoms with Crippen LogP contribution in [0.5, 0.6) is 0 Å². The molecule has 0 aliphatic carbocycles. The second-order valence-electron chi connectivity index (χ2n) is 5.20. The van der Waals surface area contributed by atoms with E-state index in [2.05, 4.69) is 10.6 Å². The molecule has 2 N–H and O–H groups in total. The van der Waals surface area contributed by atoms with Gasteiger partial charge in [-0.25, -0.2) is 4.79 Å². The third-order valence-corrected chi connectivity index (χ3v) is 3.47. The summed E-state index contributed by atoms with van der Waals surface area (Å²) in [6, 6.07) is 0.338. The van der Waals surface area contributed by atoms with E-state index in [-0.39, 0.29) is 12.1 Å². The van der Waals surface area contributed by atoms with E-state index in [0.717, 1.165) is 32.6 Å². The quantitative estimate of drug-likeness (QED) is 0.673. The molecule has 4 nitrogen and oxygen atoms in total. The minimum atomic E-state index is 0.105. The summed E-state index contributed by atoms with van der Waals surface area (Å²) < 4.78 is 0. The maximum Gasteiger partial charge on any atom is 0.317 e. The van der Waals surface area contributed by atoms with Gasteiger partial charge in [0.2, 0.25) is 0 Å². The lowest BCUT2D eigenvalue weighted by Gasteiger charge is -2.23. The molecular formula is C11H21N3O. The van der Waals surface area contributed by atoms with Gasteiger partial charge in [0.1, 0.15) is 0 Å². The van der Waals surface area contributed by atoms with Gasteiger partial charge in [0, 0.05) is 31.1 Å². The molecule has 1 atom stereocenters. The van der Waals surface area contributed by atoms with Crippen LogP contribution in [-0.4, -0.2) is 43.2 Å². The largest absolute Gasteiger partial charge is 0.336 e. The average molecular weight is 211 g/mol. The highest BCUT2D eigenvalue weighted by molar-refractivity contribution is 5.74. The maximum absolute atomic E-state index is 11.8. The molecule has 86 valence electrons. The number of rotatable bonds is 1. The first-order valence-corrected chi connectivity index (χ1v) is 5.87. The minimum Gasteiger partial charge on any atom is -0.336 e. The van der Waals surface area contributed by atoms with Crippen LogP contribution in [0.15, 0.2) is 0 Å². The van der Waals surface area contributed by atoms with Crippen LogP contribution in [-0.2, 0) is 0 Å². The third-order valence-electron chi connectivity index (χ3n) is 3.47. The molecule has 2 aliphatic rings. The summed E-state index contributed by atoms with van der Waals surface area (Å²) in [5.74, 6) is 0. The highest BCUT2D eigenvalue weighted by atomic mass is 16.2. The van der Waals surface area contributed by atoms with Gasteiger partial charge < -0.3 is 15.5 Å². The van der Waals surface area contributed by atoms with E-state index in [1.54, 1.807) is 0 Å². The van der Waals surface area contributed by atoms with Crippen molar-refractivity contribution in [3.05, 3.63) is 0 Å². The molecule has 0 bridgehead atoms. The van der Waals surface area contributed by atoms with E-state index in [1.807, 2.05) is 18.7 Å². The fourth-order valence-corrected chi connectivity index (χ4v) is 2.59. The molecule has 2 fully saturated rings. The summed E-state index contributed by atoms with van der Waals surface area (Å²) in [5.41, 5.74) is 0.383. The normalized spacial score (nSPS) is 30.5. The average Bonchev–Trinajstić information content (AvgIpc) is 2.76. The number of hydrogen-bond donors (Lipinski definition) is 2. The zero-order valence-corrected chi connectivity index (χ0v) is 9.68. The molecule has 2 heterocycles. The Hall–Kier alpha value is -0.770. The standard InChI is InChI=1S/C11H21N3O/c1-9(2)13-10(15)14-6-4-11(8-14)3-5-12-7-11/h9,12H,3-8H2,1-2H3,(H,13,15). The Morgan fingerprint density at radius 2 is 2.27 bits per heavy atom. The van der Waals surface area contributed by atoms with Gasteiger partial charge in [-0.05, 0) is 33.2 Å². The Morgan fingerprint density at radius 3 is 2.87 bits per heavy atom. The number of urea groups is 1. The van der Waals surface area contributed by atoms with Crippen LogP contribution in [0.2, 0.25) is 0 Å². The Morgan fingerprint density at radius 1 is 1.47 bits per heavy atom. The fourth-order valence-electron chi connectivity index (χ4n) is 2.59. The summed E-state index contributed by atoms with van der Waals surface area (Å²) in [5, 5.41) is 6.35. The van der Waals surface area contributed by atoms with Gasteiger partial charge >= 0.3 is 6.03 Å². The summed E-state index contributed by atoms with van der Waals surface area (Å²) in [4.78, 5) is 13.8. The van der Waals surface area contributed by atoms with Gasteiger partial charge in [-0.3, -0.25) is 0 Å². The van der Waals surface area contributed by atoms with Crippen molar-refractivity contribution >= 4 is 6.03 Å². The fraction of sp³-hybridized carbons (Fsp3) is 0.909. The topological polar surface area (TPSA) is 44.4 Å². The molecule has 0 saturated carbocycles. The minimum absolute atomic E-state index is 0.105. The highest BCUT2D eigenvalue weighted by Gasteiger charge is 2.41. The summed E-state index contributed by atoms with van der Waals surface area (Å²) in [6.45, 7) is 8.04. The molecule has 4 heteroatoms. The first-order chi connectivity index (χ1) is 7.11. The van der Waals surface area contributed by atoms with E-state index in [4.69, 9.17) is 0 Å². The van der Waals surface area contributed by atoms with Crippen molar-refractivity contribution in [1.82, 2.24) is 15.5 Å². The number of carbonyl (C=O) groups excluding carboxylic acids is 1. The molecule has 15 heavy (non-hydrogen) atoms. The molecule has 2 aliphatic heterocycles. The Bertz CT molecular complexity index is 246. The lowest BCUT2D eigenvalue weighted by atomic mass is 9.87. The molecule has 2 amide bonds. The van der Waals surface area contributed by atoms with Crippen LogP contribution < -0.4 is 10.6 Å². The Labute approximate surface area is 91.4 Å². The second kappa shape index (κ2) is 4.00. The molecule has 1 spiro atoms. The molecule has 2 rings (SSSR count). The van der Waals surface area contributed by atoms with Gasteiger partial charge in [0.05, 0.1) is 0 Å². The van der Waals surface area contributed by atoms with Gasteiger partial charge in [0.15, 0.2) is 0 Å². The molecule has 0 radical (unpaired) electrons. The first kappa shape index (κ1) is 10.7. The number of nitrogens with zero attached hydrogens (tertiary/aromatic N) is 1. The van der Waals surface area contributed by atoms with Crippen LogP contribution in [0.3, 0.4) is 0 Å². The molecule has 2 saturated heterocycles. The summed E-state index contributed by atoms with van der Waals surface area (Å²) >= 11 is 0.